The number of nitrogens with two attached hydrogens (primary N) is 3. The highest BCUT2D eigenvalue weighted by Crippen LogP contribution is 2.38. The number of halogens is 2. The molecule has 522 valence electrons. The maximum absolute atomic E-state index is 13.7. The predicted molar refractivity (Wildman–Crippen MR) is 424 cm³/mol. The Balaban J connectivity index is 0.000000209. The fraction of sp³-hybridized carbons (Fsp3) is 0.329. The minimum Gasteiger partial charge on any atom is -0.398 e. The van der Waals surface area contributed by atoms with Crippen LogP contribution < -0.4 is 47.9 Å². The highest BCUT2D eigenvalue weighted by atomic mass is 35.5. The van der Waals surface area contributed by atoms with Gasteiger partial charge in [0, 0.05) is 44.2 Å². The summed E-state index contributed by atoms with van der Waals surface area (Å²) in [6.07, 6.45) is 5.36. The number of carbonyl (C=O) groups is 3. The standard InChI is InChI=1S/C29H36ClN3O.C28H34ClN3O.C28H35N3O/c1-6-20-9-11-21(12-10-20)18-33(23-15-13-22(14-16-23)19(4)5)29(34)32-28-24(7-2)26(30)17-27(31)25(28)8-3;1-6-23-25(29)16-26(30)24(7-2)27(23)31-28(33)32(17-20-10-8-19(5)9-11-20)22-14-12-21(13-15-22)18(3)4;1-6-22-14-17-26(29)25(7-2)27(22)30-28(32)31(18-21-10-8-20(5)9-11-21)24-15-12-23(13-16-24)19(3)4/h9-17,19H,6-8,18,31H2,1-5H3,(H,32,34);8-16,18H,6-7,17,30H2,1-5H3,(H,31,33);8-17,19H,6-7,18,29H2,1-5H3,(H,30,32). The molecule has 0 saturated heterocycles. The normalized spacial score (nSPS) is 11.0. The molecule has 14 heteroatoms. The van der Waals surface area contributed by atoms with Gasteiger partial charge in [0.05, 0.1) is 36.7 Å². The number of nitrogens with zero attached hydrogens (tertiary/aromatic N) is 3. The van der Waals surface area contributed by atoms with Crippen LogP contribution in [-0.2, 0) is 64.6 Å². The lowest BCUT2D eigenvalue weighted by Gasteiger charge is -2.26. The molecular formula is C85H105Cl2N9O3. The molecule has 0 fully saturated rings. The van der Waals surface area contributed by atoms with Gasteiger partial charge in [0.1, 0.15) is 0 Å². The van der Waals surface area contributed by atoms with Crippen molar-refractivity contribution in [3.63, 3.8) is 0 Å². The van der Waals surface area contributed by atoms with Crippen molar-refractivity contribution in [1.29, 1.82) is 0 Å². The average Bonchev–Trinajstić information content (AvgIpc) is 0.817. The predicted octanol–water partition coefficient (Wildman–Crippen LogP) is 22.8. The van der Waals surface area contributed by atoms with E-state index in [1.54, 1.807) is 26.8 Å². The van der Waals surface area contributed by atoms with Crippen molar-refractivity contribution in [3.8, 4) is 0 Å². The van der Waals surface area contributed by atoms with Crippen molar-refractivity contribution >= 4 is 92.5 Å². The van der Waals surface area contributed by atoms with Gasteiger partial charge in [-0.1, -0.05) is 240 Å². The smallest absolute Gasteiger partial charge is 0.326 e. The monoisotopic (exact) mass is 1370 g/mol. The zero-order valence-corrected chi connectivity index (χ0v) is 62.5. The Labute approximate surface area is 600 Å². The van der Waals surface area contributed by atoms with E-state index in [1.807, 2.05) is 76.2 Å². The maximum atomic E-state index is 13.7. The van der Waals surface area contributed by atoms with Crippen LogP contribution in [0.3, 0.4) is 0 Å². The number of nitrogen functional groups attached to an aromatic ring is 3. The number of rotatable bonds is 22. The number of amides is 6. The van der Waals surface area contributed by atoms with Gasteiger partial charge < -0.3 is 33.2 Å². The fourth-order valence-corrected chi connectivity index (χ4v) is 12.8. The fourth-order valence-electron chi connectivity index (χ4n) is 12.1. The molecule has 0 spiro atoms. The molecule has 99 heavy (non-hydrogen) atoms. The molecular weight excluding hydrogens is 1270 g/mol. The molecule has 0 saturated carbocycles. The second-order valence-corrected chi connectivity index (χ2v) is 27.1. The van der Waals surface area contributed by atoms with Crippen LogP contribution in [0.25, 0.3) is 0 Å². The lowest BCUT2D eigenvalue weighted by Crippen LogP contribution is -2.35. The van der Waals surface area contributed by atoms with E-state index in [4.69, 9.17) is 40.4 Å². The molecule has 9 rings (SSSR count). The van der Waals surface area contributed by atoms with Gasteiger partial charge in [-0.05, 0) is 203 Å². The molecule has 0 atom stereocenters. The molecule has 0 aliphatic heterocycles. The summed E-state index contributed by atoms with van der Waals surface area (Å²) in [5.41, 5.74) is 41.8. The molecule has 6 amide bonds. The van der Waals surface area contributed by atoms with Crippen LogP contribution in [0.15, 0.2) is 170 Å². The first-order valence-electron chi connectivity index (χ1n) is 35.2. The molecule has 0 aliphatic rings. The van der Waals surface area contributed by atoms with Gasteiger partial charge in [-0.2, -0.15) is 0 Å². The van der Waals surface area contributed by atoms with Crippen molar-refractivity contribution in [1.82, 2.24) is 0 Å². The Bertz CT molecular complexity index is 4080. The van der Waals surface area contributed by atoms with Crippen LogP contribution in [0, 0.1) is 13.8 Å². The minimum absolute atomic E-state index is 0.155. The summed E-state index contributed by atoms with van der Waals surface area (Å²) in [6.45, 7) is 32.9. The third kappa shape index (κ3) is 20.2. The lowest BCUT2D eigenvalue weighted by atomic mass is 10.0. The van der Waals surface area contributed by atoms with Gasteiger partial charge in [-0.25, -0.2) is 14.4 Å². The summed E-state index contributed by atoms with van der Waals surface area (Å²) in [6, 6.07) is 56.6. The Morgan fingerprint density at radius 2 is 0.626 bits per heavy atom. The second kappa shape index (κ2) is 36.6. The summed E-state index contributed by atoms with van der Waals surface area (Å²) in [5, 5.41) is 10.7. The number of carbonyl (C=O) groups excluding carboxylic acids is 3. The first kappa shape index (κ1) is 77.1. The van der Waals surface area contributed by atoms with Crippen LogP contribution in [0.1, 0.15) is 191 Å². The largest absolute Gasteiger partial charge is 0.398 e. The van der Waals surface area contributed by atoms with E-state index in [1.165, 1.54) is 33.4 Å². The van der Waals surface area contributed by atoms with Crippen LogP contribution >= 0.6 is 23.2 Å². The van der Waals surface area contributed by atoms with E-state index in [-0.39, 0.29) is 18.1 Å². The molecule has 9 aromatic rings. The summed E-state index contributed by atoms with van der Waals surface area (Å²) in [5.74, 6) is 1.29. The number of anilines is 9. The van der Waals surface area contributed by atoms with Gasteiger partial charge >= 0.3 is 18.1 Å². The van der Waals surface area contributed by atoms with Crippen LogP contribution in [0.2, 0.25) is 10.0 Å². The lowest BCUT2D eigenvalue weighted by molar-refractivity contribution is 0.256. The van der Waals surface area contributed by atoms with Crippen molar-refractivity contribution in [2.24, 2.45) is 0 Å². The summed E-state index contributed by atoms with van der Waals surface area (Å²) in [7, 11) is 0. The quantitative estimate of drug-likeness (QED) is 0.0368. The van der Waals surface area contributed by atoms with Crippen molar-refractivity contribution < 1.29 is 14.4 Å². The topological polar surface area (TPSA) is 175 Å². The number of benzene rings is 9. The Morgan fingerprint density at radius 1 is 0.343 bits per heavy atom. The van der Waals surface area contributed by atoms with E-state index in [9.17, 15) is 14.4 Å². The Morgan fingerprint density at radius 3 is 0.909 bits per heavy atom. The molecule has 0 aromatic heterocycles. The van der Waals surface area contributed by atoms with E-state index in [0.717, 1.165) is 103 Å². The average molecular weight is 1370 g/mol. The maximum Gasteiger partial charge on any atom is 0.326 e. The second-order valence-electron chi connectivity index (χ2n) is 26.3. The first-order valence-corrected chi connectivity index (χ1v) is 36.0. The number of hydrogen-bond acceptors (Lipinski definition) is 6. The first-order chi connectivity index (χ1) is 47.4. The number of aryl methyl sites for hydroxylation is 4. The van der Waals surface area contributed by atoms with Gasteiger partial charge in [0.2, 0.25) is 0 Å². The van der Waals surface area contributed by atoms with Gasteiger partial charge in [-0.3, -0.25) is 14.7 Å². The summed E-state index contributed by atoms with van der Waals surface area (Å²) in [4.78, 5) is 46.4. The highest BCUT2D eigenvalue weighted by molar-refractivity contribution is 6.33. The molecule has 9 aromatic carbocycles. The molecule has 12 nitrogen and oxygen atoms in total. The number of hydrogen-bond donors (Lipinski definition) is 6. The van der Waals surface area contributed by atoms with Crippen molar-refractivity contribution in [3.05, 3.63) is 263 Å². The van der Waals surface area contributed by atoms with Crippen LogP contribution in [-0.4, -0.2) is 18.1 Å². The summed E-state index contributed by atoms with van der Waals surface area (Å²) < 4.78 is 0. The molecule has 9 N–H and O–H groups in total. The van der Waals surface area contributed by atoms with Crippen LogP contribution in [0.5, 0.6) is 0 Å². The molecule has 0 unspecified atom stereocenters. The van der Waals surface area contributed by atoms with Gasteiger partial charge in [0.15, 0.2) is 0 Å². The van der Waals surface area contributed by atoms with E-state index < -0.39 is 0 Å². The third-order valence-electron chi connectivity index (χ3n) is 18.4. The number of urea groups is 3. The molecule has 0 heterocycles. The zero-order valence-electron chi connectivity index (χ0n) is 61.0. The van der Waals surface area contributed by atoms with Gasteiger partial charge in [-0.15, -0.1) is 0 Å². The van der Waals surface area contributed by atoms with E-state index in [0.29, 0.717) is 90.2 Å². The zero-order chi connectivity index (χ0) is 72.2. The number of nitrogens with one attached hydrogen (secondary N) is 3. The Hall–Kier alpha value is -9.23. The Kier molecular flexibility index (Phi) is 28.5. The van der Waals surface area contributed by atoms with Crippen molar-refractivity contribution in [2.75, 3.05) is 47.9 Å². The summed E-state index contributed by atoms with van der Waals surface area (Å²) >= 11 is 13.0. The molecule has 0 radical (unpaired) electrons. The van der Waals surface area contributed by atoms with E-state index in [2.05, 4.69) is 201 Å². The third-order valence-corrected chi connectivity index (χ3v) is 19.0. The van der Waals surface area contributed by atoms with Gasteiger partial charge in [0.25, 0.3) is 0 Å². The molecule has 0 aliphatic carbocycles. The molecule has 0 bridgehead atoms. The van der Waals surface area contributed by atoms with Crippen molar-refractivity contribution in [2.45, 2.75) is 186 Å². The van der Waals surface area contributed by atoms with Crippen LogP contribution in [0.4, 0.5) is 65.6 Å². The highest BCUT2D eigenvalue weighted by Gasteiger charge is 2.26. The SMILES string of the molecule is CCc1c(N)cc(Cl)c(CC)c1NC(=O)N(Cc1ccc(C)cc1)c1ccc(C(C)C)cc1.CCc1ccc(CN(C(=O)Nc2c(CC)c(N)cc(Cl)c2CC)c2ccc(C(C)C)cc2)cc1.CCc1ccc(N)c(CC)c1NC(=O)N(Cc1ccc(C)cc1)c1ccc(C(C)C)cc1. The minimum atomic E-state index is -0.209. The van der Waals surface area contributed by atoms with E-state index >= 15 is 0 Å².